The molecule has 8 heteroatoms. The van der Waals surface area contributed by atoms with E-state index in [0.717, 1.165) is 56.4 Å². The van der Waals surface area contributed by atoms with Gasteiger partial charge in [0, 0.05) is 36.6 Å². The highest BCUT2D eigenvalue weighted by Crippen LogP contribution is 2.29. The molecule has 0 spiro atoms. The lowest BCUT2D eigenvalue weighted by Crippen LogP contribution is -2.47. The zero-order valence-corrected chi connectivity index (χ0v) is 23.1. The molecule has 1 heterocycles. The van der Waals surface area contributed by atoms with Crippen molar-refractivity contribution in [3.63, 3.8) is 0 Å². The molecule has 1 aliphatic rings. The van der Waals surface area contributed by atoms with Crippen LogP contribution in [0.4, 0.5) is 13.2 Å². The highest BCUT2D eigenvalue weighted by Gasteiger charge is 2.32. The van der Waals surface area contributed by atoms with Crippen LogP contribution in [-0.4, -0.2) is 45.3 Å². The number of halogens is 3. The molecule has 0 unspecified atom stereocenters. The fourth-order valence-electron chi connectivity index (χ4n) is 5.36. The van der Waals surface area contributed by atoms with E-state index in [1.54, 1.807) is 0 Å². The second-order valence-corrected chi connectivity index (χ2v) is 10.6. The second kappa shape index (κ2) is 13.7. The second-order valence-electron chi connectivity index (χ2n) is 10.6. The van der Waals surface area contributed by atoms with Gasteiger partial charge in [0.2, 0.25) is 5.91 Å². The Bertz CT molecular complexity index is 1230. The van der Waals surface area contributed by atoms with Gasteiger partial charge in [0.25, 0.3) is 5.91 Å². The van der Waals surface area contributed by atoms with Crippen LogP contribution < -0.4 is 0 Å². The molecule has 0 N–H and O–H groups in total. The first kappa shape index (κ1) is 29.4. The highest BCUT2D eigenvalue weighted by atomic mass is 19.4. The Labute approximate surface area is 234 Å². The number of hydrogen-bond donors (Lipinski definition) is 0. The number of benzene rings is 2. The van der Waals surface area contributed by atoms with E-state index in [9.17, 15) is 22.8 Å². The number of carbonyl (C=O) groups excluding carboxylic acids is 2. The summed E-state index contributed by atoms with van der Waals surface area (Å²) in [7, 11) is 0. The lowest BCUT2D eigenvalue weighted by Gasteiger charge is -2.36. The van der Waals surface area contributed by atoms with E-state index in [1.165, 1.54) is 22.6 Å². The van der Waals surface area contributed by atoms with Crippen molar-refractivity contribution in [1.82, 2.24) is 14.4 Å². The highest BCUT2D eigenvalue weighted by molar-refractivity contribution is 5.96. The van der Waals surface area contributed by atoms with E-state index < -0.39 is 17.6 Å². The summed E-state index contributed by atoms with van der Waals surface area (Å²) in [5, 5.41) is 0. The summed E-state index contributed by atoms with van der Waals surface area (Å²) in [6.07, 6.45) is 4.18. The quantitative estimate of drug-likeness (QED) is 0.253. The summed E-state index contributed by atoms with van der Waals surface area (Å²) in [5.74, 6) is -0.553. The van der Waals surface area contributed by atoms with Gasteiger partial charge in [-0.15, -0.1) is 0 Å². The van der Waals surface area contributed by atoms with Crippen molar-refractivity contribution in [1.29, 1.82) is 0 Å². The summed E-state index contributed by atoms with van der Waals surface area (Å²) in [4.78, 5) is 30.7. The lowest BCUT2D eigenvalue weighted by molar-refractivity contribution is -0.137. The third-order valence-corrected chi connectivity index (χ3v) is 7.64. The number of amides is 2. The molecule has 40 heavy (non-hydrogen) atoms. The van der Waals surface area contributed by atoms with E-state index in [2.05, 4.69) is 16.7 Å². The molecule has 0 aliphatic heterocycles. The molecule has 3 aromatic rings. The van der Waals surface area contributed by atoms with Crippen molar-refractivity contribution in [3.05, 3.63) is 95.3 Å². The Morgan fingerprint density at radius 1 is 0.925 bits per heavy atom. The zero-order valence-electron chi connectivity index (χ0n) is 23.1. The topological polar surface area (TPSA) is 45.6 Å². The molecule has 0 saturated heterocycles. The molecule has 1 aliphatic carbocycles. The van der Waals surface area contributed by atoms with Crippen LogP contribution >= 0.6 is 0 Å². The lowest BCUT2D eigenvalue weighted by atomic mass is 9.94. The first-order valence-corrected chi connectivity index (χ1v) is 14.2. The average molecular weight is 554 g/mol. The molecule has 4 rings (SSSR count). The van der Waals surface area contributed by atoms with E-state index in [0.29, 0.717) is 26.1 Å². The van der Waals surface area contributed by atoms with Crippen LogP contribution in [0.3, 0.4) is 0 Å². The maximum absolute atomic E-state index is 13.9. The number of hydrogen-bond acceptors (Lipinski definition) is 2. The van der Waals surface area contributed by atoms with Crippen molar-refractivity contribution in [3.8, 4) is 0 Å². The molecular weight excluding hydrogens is 515 g/mol. The van der Waals surface area contributed by atoms with Gasteiger partial charge in [-0.1, -0.05) is 62.9 Å². The first-order valence-electron chi connectivity index (χ1n) is 14.2. The SMILES string of the molecule is CCCCN(CC(=O)N(Cc1cccn1Cc1ccccc1)C1CCCCC1)C(=O)c1ccc(C(F)(F)F)cc1. The minimum absolute atomic E-state index is 0.0931. The van der Waals surface area contributed by atoms with Crippen LogP contribution in [-0.2, 0) is 24.1 Å². The van der Waals surface area contributed by atoms with Crippen LogP contribution in [0.5, 0.6) is 0 Å². The molecule has 1 fully saturated rings. The van der Waals surface area contributed by atoms with Gasteiger partial charge in [-0.25, -0.2) is 0 Å². The summed E-state index contributed by atoms with van der Waals surface area (Å²) < 4.78 is 41.3. The van der Waals surface area contributed by atoms with Gasteiger partial charge in [0.15, 0.2) is 0 Å². The number of rotatable bonds is 11. The number of nitrogens with zero attached hydrogens (tertiary/aromatic N) is 3. The molecule has 1 aromatic heterocycles. The molecule has 0 atom stereocenters. The van der Waals surface area contributed by atoms with E-state index >= 15 is 0 Å². The van der Waals surface area contributed by atoms with Crippen molar-refractivity contribution < 1.29 is 22.8 Å². The maximum Gasteiger partial charge on any atom is 0.416 e. The van der Waals surface area contributed by atoms with Gasteiger partial charge in [-0.05, 0) is 61.2 Å². The van der Waals surface area contributed by atoms with Crippen LogP contribution in [0.1, 0.15) is 79.0 Å². The summed E-state index contributed by atoms with van der Waals surface area (Å²) in [6.45, 7) is 3.41. The van der Waals surface area contributed by atoms with Crippen LogP contribution in [0, 0.1) is 0 Å². The molecule has 0 radical (unpaired) electrons. The van der Waals surface area contributed by atoms with Crippen molar-refractivity contribution in [2.45, 2.75) is 77.2 Å². The minimum Gasteiger partial charge on any atom is -0.345 e. The Morgan fingerprint density at radius 2 is 1.62 bits per heavy atom. The predicted molar refractivity (Wildman–Crippen MR) is 150 cm³/mol. The fourth-order valence-corrected chi connectivity index (χ4v) is 5.36. The number of alkyl halides is 3. The smallest absolute Gasteiger partial charge is 0.345 e. The van der Waals surface area contributed by atoms with E-state index in [-0.39, 0.29) is 24.1 Å². The van der Waals surface area contributed by atoms with Crippen molar-refractivity contribution in [2.24, 2.45) is 0 Å². The van der Waals surface area contributed by atoms with Gasteiger partial charge in [-0.3, -0.25) is 9.59 Å². The Balaban J connectivity index is 1.54. The van der Waals surface area contributed by atoms with Gasteiger partial charge in [-0.2, -0.15) is 13.2 Å². The van der Waals surface area contributed by atoms with Gasteiger partial charge in [0.1, 0.15) is 6.54 Å². The van der Waals surface area contributed by atoms with E-state index in [1.807, 2.05) is 48.4 Å². The molecule has 214 valence electrons. The van der Waals surface area contributed by atoms with Gasteiger partial charge >= 0.3 is 6.18 Å². The molecule has 0 bridgehead atoms. The standard InChI is InChI=1S/C32H38F3N3O2/c1-2-3-20-37(31(40)26-16-18-27(19-17-26)32(33,34)35)24-30(39)38(28-13-8-5-9-14-28)23-29-15-10-21-36(29)22-25-11-6-4-7-12-25/h4,6-7,10-12,15-19,21,28H,2-3,5,8-9,13-14,20,22-24H2,1H3. The summed E-state index contributed by atoms with van der Waals surface area (Å²) in [5.41, 5.74) is 1.54. The Kier molecular flexibility index (Phi) is 10.1. The number of unbranched alkanes of at least 4 members (excludes halogenated alkanes) is 1. The van der Waals surface area contributed by atoms with Crippen molar-refractivity contribution in [2.75, 3.05) is 13.1 Å². The minimum atomic E-state index is -4.47. The first-order chi connectivity index (χ1) is 19.3. The van der Waals surface area contributed by atoms with Crippen LogP contribution in [0.25, 0.3) is 0 Å². The predicted octanol–water partition coefficient (Wildman–Crippen LogP) is 7.16. The van der Waals surface area contributed by atoms with Gasteiger partial charge in [0.05, 0.1) is 12.1 Å². The molecule has 5 nitrogen and oxygen atoms in total. The van der Waals surface area contributed by atoms with Gasteiger partial charge < -0.3 is 14.4 Å². The fraction of sp³-hybridized carbons (Fsp3) is 0.438. The Morgan fingerprint density at radius 3 is 2.27 bits per heavy atom. The molecular formula is C32H38F3N3O2. The van der Waals surface area contributed by atoms with Crippen molar-refractivity contribution >= 4 is 11.8 Å². The number of carbonyl (C=O) groups is 2. The largest absolute Gasteiger partial charge is 0.416 e. The van der Waals surface area contributed by atoms with E-state index in [4.69, 9.17) is 0 Å². The normalized spacial score (nSPS) is 14.2. The molecule has 2 aromatic carbocycles. The number of aromatic nitrogens is 1. The van der Waals surface area contributed by atoms with Crippen LogP contribution in [0.15, 0.2) is 72.9 Å². The molecule has 2 amide bonds. The monoisotopic (exact) mass is 553 g/mol. The summed E-state index contributed by atoms with van der Waals surface area (Å²) >= 11 is 0. The average Bonchev–Trinajstić information content (AvgIpc) is 3.40. The molecule has 1 saturated carbocycles. The summed E-state index contributed by atoms with van der Waals surface area (Å²) in [6, 6.07) is 18.5. The third-order valence-electron chi connectivity index (χ3n) is 7.64. The third kappa shape index (κ3) is 7.77. The van der Waals surface area contributed by atoms with Crippen LogP contribution in [0.2, 0.25) is 0 Å². The zero-order chi connectivity index (χ0) is 28.5. The maximum atomic E-state index is 13.9. The Hall–Kier alpha value is -3.55.